The molecule has 0 radical (unpaired) electrons. The smallest absolute Gasteiger partial charge is 0.363 e. The number of nitro groups is 1. The van der Waals surface area contributed by atoms with Crippen molar-refractivity contribution in [2.75, 3.05) is 29.5 Å². The first-order valence-electron chi connectivity index (χ1n) is 6.03. The van der Waals surface area contributed by atoms with E-state index in [1.54, 1.807) is 0 Å². The Morgan fingerprint density at radius 1 is 1.38 bits per heavy atom. The number of halogens is 3. The van der Waals surface area contributed by atoms with Crippen LogP contribution in [0, 0.1) is 10.1 Å². The fourth-order valence-electron chi connectivity index (χ4n) is 1.30. The largest absolute Gasteiger partial charge is 0.441 e. The van der Waals surface area contributed by atoms with Gasteiger partial charge in [-0.2, -0.15) is 18.2 Å². The molecule has 1 heterocycles. The Morgan fingerprint density at radius 2 is 2.10 bits per heavy atom. The summed E-state index contributed by atoms with van der Waals surface area (Å²) in [5.74, 6) is -0.188. The molecule has 11 heteroatoms. The van der Waals surface area contributed by atoms with Gasteiger partial charge in [0.25, 0.3) is 0 Å². The highest BCUT2D eigenvalue weighted by atomic mass is 32.2. The van der Waals surface area contributed by atoms with Gasteiger partial charge in [0.15, 0.2) is 0 Å². The summed E-state index contributed by atoms with van der Waals surface area (Å²) in [6.45, 7) is 2.41. The lowest BCUT2D eigenvalue weighted by molar-refractivity contribution is -0.384. The summed E-state index contributed by atoms with van der Waals surface area (Å²) >= 11 is -0.206. The van der Waals surface area contributed by atoms with Gasteiger partial charge < -0.3 is 10.6 Å². The van der Waals surface area contributed by atoms with Crippen molar-refractivity contribution in [3.05, 3.63) is 16.3 Å². The number of nitrogens with one attached hydrogen (secondary N) is 2. The molecule has 0 saturated carbocycles. The Balaban J connectivity index is 2.69. The topological polar surface area (TPSA) is 93.0 Å². The summed E-state index contributed by atoms with van der Waals surface area (Å²) in [5, 5.41) is 16.2. The molecule has 7 nitrogen and oxygen atoms in total. The van der Waals surface area contributed by atoms with E-state index >= 15 is 0 Å². The van der Waals surface area contributed by atoms with Crippen LogP contribution in [0.2, 0.25) is 0 Å². The second-order valence-corrected chi connectivity index (χ2v) is 4.99. The van der Waals surface area contributed by atoms with Gasteiger partial charge in [-0.1, -0.05) is 6.92 Å². The highest BCUT2D eigenvalue weighted by molar-refractivity contribution is 8.00. The number of hydrogen-bond donors (Lipinski definition) is 2. The number of anilines is 2. The predicted octanol–water partition coefficient (Wildman–Crippen LogP) is 2.87. The van der Waals surface area contributed by atoms with Crippen LogP contribution in [0.5, 0.6) is 0 Å². The number of thioether (sulfide) groups is 1. The molecule has 1 rings (SSSR count). The van der Waals surface area contributed by atoms with Crippen LogP contribution >= 0.6 is 11.8 Å². The lowest BCUT2D eigenvalue weighted by Gasteiger charge is -2.09. The molecule has 0 atom stereocenters. The Morgan fingerprint density at radius 3 is 2.67 bits per heavy atom. The van der Waals surface area contributed by atoms with Gasteiger partial charge >= 0.3 is 11.2 Å². The standard InChI is InChI=1S/C10H14F3N5O2S/c1-2-3-15-9-16-6-7(18(19)20)8(17-9)14-4-5-21-10(11,12)13/h6H,2-5H2,1H3,(H2,14,15,16,17). The zero-order valence-electron chi connectivity index (χ0n) is 11.1. The molecule has 0 saturated heterocycles. The highest BCUT2D eigenvalue weighted by Crippen LogP contribution is 2.30. The molecule has 0 aromatic carbocycles. The number of rotatable bonds is 8. The van der Waals surface area contributed by atoms with Gasteiger partial charge in [-0.3, -0.25) is 10.1 Å². The zero-order valence-corrected chi connectivity index (χ0v) is 11.9. The van der Waals surface area contributed by atoms with Crippen LogP contribution in [0.3, 0.4) is 0 Å². The van der Waals surface area contributed by atoms with Gasteiger partial charge in [0, 0.05) is 18.8 Å². The summed E-state index contributed by atoms with van der Waals surface area (Å²) in [6.07, 6.45) is 1.83. The van der Waals surface area contributed by atoms with E-state index < -0.39 is 10.4 Å². The van der Waals surface area contributed by atoms with Gasteiger partial charge in [-0.15, -0.1) is 0 Å². The maximum atomic E-state index is 12.0. The Bertz CT molecular complexity index is 486. The van der Waals surface area contributed by atoms with Gasteiger partial charge in [0.05, 0.1) is 4.92 Å². The minimum atomic E-state index is -4.33. The van der Waals surface area contributed by atoms with E-state index in [0.29, 0.717) is 6.54 Å². The molecule has 1 aromatic rings. The van der Waals surface area contributed by atoms with E-state index in [1.165, 1.54) is 0 Å². The maximum absolute atomic E-state index is 12.0. The number of hydrogen-bond acceptors (Lipinski definition) is 7. The average Bonchev–Trinajstić information content (AvgIpc) is 2.40. The van der Waals surface area contributed by atoms with Crippen molar-refractivity contribution in [1.82, 2.24) is 9.97 Å². The molecule has 2 N–H and O–H groups in total. The molecule has 0 aliphatic heterocycles. The minimum Gasteiger partial charge on any atom is -0.363 e. The van der Waals surface area contributed by atoms with Crippen molar-refractivity contribution < 1.29 is 18.1 Å². The number of alkyl halides is 3. The lowest BCUT2D eigenvalue weighted by atomic mass is 10.4. The van der Waals surface area contributed by atoms with Crippen LogP contribution in [-0.2, 0) is 0 Å². The molecule has 0 spiro atoms. The third-order valence-corrected chi connectivity index (χ3v) is 2.90. The van der Waals surface area contributed by atoms with Crippen LogP contribution < -0.4 is 10.6 Å². The normalized spacial score (nSPS) is 11.2. The SMILES string of the molecule is CCCNc1ncc([N+](=O)[O-])c(NCCSC(F)(F)F)n1. The molecule has 0 fully saturated rings. The van der Waals surface area contributed by atoms with E-state index in [1.807, 2.05) is 6.92 Å². The number of aromatic nitrogens is 2. The summed E-state index contributed by atoms with van der Waals surface area (Å²) in [4.78, 5) is 17.8. The molecule has 0 bridgehead atoms. The van der Waals surface area contributed by atoms with Crippen molar-refractivity contribution in [2.24, 2.45) is 0 Å². The van der Waals surface area contributed by atoms with E-state index in [9.17, 15) is 23.3 Å². The van der Waals surface area contributed by atoms with Crippen molar-refractivity contribution >= 4 is 29.2 Å². The molecular weight excluding hydrogens is 311 g/mol. The summed E-state index contributed by atoms with van der Waals surface area (Å²) in [7, 11) is 0. The van der Waals surface area contributed by atoms with Gasteiger partial charge in [-0.05, 0) is 18.2 Å². The Hall–Kier alpha value is -1.78. The summed E-state index contributed by atoms with van der Waals surface area (Å²) in [6, 6.07) is 0. The maximum Gasteiger partial charge on any atom is 0.441 e. The first kappa shape index (κ1) is 17.3. The van der Waals surface area contributed by atoms with Gasteiger partial charge in [0.2, 0.25) is 11.8 Å². The molecule has 0 unspecified atom stereocenters. The summed E-state index contributed by atoms with van der Waals surface area (Å²) < 4.78 is 36.0. The van der Waals surface area contributed by atoms with Crippen molar-refractivity contribution in [2.45, 2.75) is 18.9 Å². The van der Waals surface area contributed by atoms with Gasteiger partial charge in [0.1, 0.15) is 6.20 Å². The van der Waals surface area contributed by atoms with Crippen LogP contribution in [0.1, 0.15) is 13.3 Å². The Labute approximate surface area is 122 Å². The third-order valence-electron chi connectivity index (χ3n) is 2.16. The van der Waals surface area contributed by atoms with Crippen LogP contribution in [0.15, 0.2) is 6.20 Å². The minimum absolute atomic E-state index is 0.101. The van der Waals surface area contributed by atoms with Crippen LogP contribution in [-0.4, -0.2) is 39.2 Å². The predicted molar refractivity (Wildman–Crippen MR) is 74.5 cm³/mol. The van der Waals surface area contributed by atoms with Gasteiger partial charge in [-0.25, -0.2) is 4.98 Å². The fourth-order valence-corrected chi connectivity index (χ4v) is 1.73. The molecule has 1 aromatic heterocycles. The van der Waals surface area contributed by atoms with Crippen LogP contribution in [0.25, 0.3) is 0 Å². The number of nitrogens with zero attached hydrogens (tertiary/aromatic N) is 3. The van der Waals surface area contributed by atoms with Crippen molar-refractivity contribution in [3.63, 3.8) is 0 Å². The quantitative estimate of drug-likeness (QED) is 0.431. The fraction of sp³-hybridized carbons (Fsp3) is 0.600. The van der Waals surface area contributed by atoms with Crippen molar-refractivity contribution in [3.8, 4) is 0 Å². The molecule has 0 amide bonds. The zero-order chi connectivity index (χ0) is 15.9. The molecule has 118 valence electrons. The second-order valence-electron chi connectivity index (χ2n) is 3.83. The first-order valence-corrected chi connectivity index (χ1v) is 7.02. The highest BCUT2D eigenvalue weighted by Gasteiger charge is 2.27. The van der Waals surface area contributed by atoms with E-state index in [4.69, 9.17) is 0 Å². The van der Waals surface area contributed by atoms with Crippen LogP contribution in [0.4, 0.5) is 30.6 Å². The van der Waals surface area contributed by atoms with Crippen molar-refractivity contribution in [1.29, 1.82) is 0 Å². The van der Waals surface area contributed by atoms with E-state index in [0.717, 1.165) is 12.6 Å². The van der Waals surface area contributed by atoms with E-state index in [2.05, 4.69) is 20.6 Å². The second kappa shape index (κ2) is 7.86. The molecule has 0 aliphatic carbocycles. The van der Waals surface area contributed by atoms with E-state index in [-0.39, 0.29) is 41.5 Å². The Kier molecular flexibility index (Phi) is 6.46. The monoisotopic (exact) mass is 325 g/mol. The third kappa shape index (κ3) is 6.47. The molecule has 21 heavy (non-hydrogen) atoms. The summed E-state index contributed by atoms with van der Waals surface area (Å²) in [5.41, 5.74) is -4.71. The molecule has 0 aliphatic rings. The lowest BCUT2D eigenvalue weighted by Crippen LogP contribution is -2.13. The average molecular weight is 325 g/mol. The first-order chi connectivity index (χ1) is 9.83. The molecular formula is C10H14F3N5O2S.